The van der Waals surface area contributed by atoms with Crippen LogP contribution in [0.1, 0.15) is 51.0 Å². The van der Waals surface area contributed by atoms with Crippen molar-refractivity contribution in [1.29, 1.82) is 5.26 Å². The van der Waals surface area contributed by atoms with Crippen LogP contribution in [0, 0.1) is 17.9 Å². The Hall–Kier alpha value is -5.14. The van der Waals surface area contributed by atoms with Crippen molar-refractivity contribution < 1.29 is 0 Å². The summed E-state index contributed by atoms with van der Waals surface area (Å²) in [6, 6.07) is 32.5. The van der Waals surface area contributed by atoms with E-state index < -0.39 is 0 Å². The summed E-state index contributed by atoms with van der Waals surface area (Å²) < 4.78 is 5.16. The smallest absolute Gasteiger partial charge is 0.206 e. The maximum Gasteiger partial charge on any atom is 0.206 e. The number of thiophene rings is 2. The van der Waals surface area contributed by atoms with E-state index in [9.17, 15) is 5.26 Å². The quantitative estimate of drug-likeness (QED) is 0.171. The van der Waals surface area contributed by atoms with E-state index in [1.807, 2.05) is 22.7 Å². The van der Waals surface area contributed by atoms with Gasteiger partial charge in [-0.25, -0.2) is 14.8 Å². The molecule has 5 aromatic carbocycles. The fraction of sp³-hybridized carbons (Fsp3) is 0.0556. The lowest BCUT2D eigenvalue weighted by Crippen LogP contribution is -2.29. The molecule has 3 aromatic heterocycles. The molecule has 8 aromatic rings. The molecule has 0 atom stereocenters. The highest BCUT2D eigenvalue weighted by atomic mass is 32.1. The molecule has 3 heterocycles. The van der Waals surface area contributed by atoms with Gasteiger partial charge >= 0.3 is 0 Å². The molecule has 0 unspecified atom stereocenters. The van der Waals surface area contributed by atoms with Crippen LogP contribution in [-0.2, 0) is 0 Å². The number of hydrogen-bond donors (Lipinski definition) is 0. The molecule has 3 aliphatic rings. The second-order valence-electron chi connectivity index (χ2n) is 11.1. The van der Waals surface area contributed by atoms with Crippen LogP contribution in [0.4, 0.5) is 5.69 Å². The third kappa shape index (κ3) is 2.74. The maximum atomic E-state index is 9.71. The van der Waals surface area contributed by atoms with Crippen molar-refractivity contribution >= 4 is 79.7 Å². The molecule has 0 amide bonds. The van der Waals surface area contributed by atoms with Crippen molar-refractivity contribution in [1.82, 2.24) is 9.97 Å². The molecule has 0 spiro atoms. The van der Waals surface area contributed by atoms with Crippen LogP contribution >= 0.6 is 22.7 Å². The van der Waals surface area contributed by atoms with Gasteiger partial charge in [0.05, 0.1) is 52.5 Å². The second kappa shape index (κ2) is 7.78. The van der Waals surface area contributed by atoms with Crippen molar-refractivity contribution in [3.8, 4) is 6.07 Å². The number of aromatic nitrogens is 2. The normalized spacial score (nSPS) is 16.5. The number of rotatable bonds is 0. The predicted molar refractivity (Wildman–Crippen MR) is 171 cm³/mol. The number of nitrogens with zero attached hydrogens (tertiary/aromatic N) is 4. The molecule has 192 valence electrons. The largest absolute Gasteiger partial charge is 0.250 e. The summed E-state index contributed by atoms with van der Waals surface area (Å²) in [7, 11) is 0. The van der Waals surface area contributed by atoms with Crippen LogP contribution in [0.3, 0.4) is 0 Å². The molecule has 0 aliphatic heterocycles. The van der Waals surface area contributed by atoms with E-state index in [0.29, 0.717) is 22.3 Å². The van der Waals surface area contributed by atoms with E-state index in [-0.39, 0.29) is 11.8 Å². The highest BCUT2D eigenvalue weighted by Gasteiger charge is 2.44. The van der Waals surface area contributed by atoms with Gasteiger partial charge in [-0.2, -0.15) is 5.26 Å². The Morgan fingerprint density at radius 2 is 1.12 bits per heavy atom. The van der Waals surface area contributed by atoms with E-state index in [0.717, 1.165) is 11.4 Å². The first-order valence-electron chi connectivity index (χ1n) is 13.7. The minimum absolute atomic E-state index is 0.0526. The first-order chi connectivity index (χ1) is 20.7. The predicted octanol–water partition coefficient (Wildman–Crippen LogP) is 9.78. The minimum Gasteiger partial charge on any atom is -0.250 e. The first kappa shape index (κ1) is 22.5. The second-order valence-corrected chi connectivity index (χ2v) is 13.3. The monoisotopic (exact) mass is 568 g/mol. The van der Waals surface area contributed by atoms with Crippen molar-refractivity contribution in [2.75, 3.05) is 0 Å². The molecule has 11 rings (SSSR count). The minimum atomic E-state index is -0.0656. The van der Waals surface area contributed by atoms with Crippen molar-refractivity contribution in [2.24, 2.45) is 0 Å². The molecular weight excluding hydrogens is 553 g/mol. The Bertz CT molecular complexity index is 2510. The molecule has 6 heteroatoms. The molecule has 0 saturated heterocycles. The van der Waals surface area contributed by atoms with Gasteiger partial charge in [0, 0.05) is 40.3 Å². The van der Waals surface area contributed by atoms with Crippen molar-refractivity contribution in [3.05, 3.63) is 136 Å². The standard InChI is InChI=1S/C36H16N4S2/c1-38-26-15-28-27(10-17(26)16-37)39-35-33-22-11-20-18-6-2-4-8-29(18)41-31(20)13-24(22)34(36(35)40-28)25-14-32-21(12-23(25)33)19-7-3-5-9-30(19)42-32/h2-15,33-34H. The van der Waals surface area contributed by atoms with E-state index >= 15 is 0 Å². The van der Waals surface area contributed by atoms with Crippen molar-refractivity contribution in [3.63, 3.8) is 0 Å². The van der Waals surface area contributed by atoms with Gasteiger partial charge in [-0.15, -0.1) is 22.7 Å². The molecule has 0 fully saturated rings. The summed E-state index contributed by atoms with van der Waals surface area (Å²) in [6.07, 6.45) is 0. The topological polar surface area (TPSA) is 53.9 Å². The molecule has 2 bridgehead atoms. The Morgan fingerprint density at radius 3 is 1.64 bits per heavy atom. The van der Waals surface area contributed by atoms with Crippen LogP contribution in [0.15, 0.2) is 84.9 Å². The maximum absolute atomic E-state index is 9.71. The molecule has 4 nitrogen and oxygen atoms in total. The van der Waals surface area contributed by atoms with Gasteiger partial charge in [-0.3, -0.25) is 0 Å². The van der Waals surface area contributed by atoms with Gasteiger partial charge in [0.2, 0.25) is 5.69 Å². The summed E-state index contributed by atoms with van der Waals surface area (Å²) in [5, 5.41) is 14.9. The highest BCUT2D eigenvalue weighted by molar-refractivity contribution is 7.26. The molecule has 0 saturated carbocycles. The number of nitriles is 1. The lowest BCUT2D eigenvalue weighted by atomic mass is 9.63. The van der Waals surface area contributed by atoms with Gasteiger partial charge in [0.1, 0.15) is 0 Å². The number of benzene rings is 5. The Labute approximate surface area is 247 Å². The number of fused-ring (bicyclic) bond motifs is 7. The SMILES string of the molecule is [C-]#[N+]c1cc2nc3c(nc2cc1C#N)C1c2cc4c(cc2C3c2cc3sc5ccccc5c3cc21)sc1ccccc14. The zero-order chi connectivity index (χ0) is 27.7. The van der Waals surface area contributed by atoms with Crippen molar-refractivity contribution in [2.45, 2.75) is 11.8 Å². The fourth-order valence-electron chi connectivity index (χ4n) is 7.26. The van der Waals surface area contributed by atoms with Crippen LogP contribution in [0.25, 0.3) is 56.2 Å². The summed E-state index contributed by atoms with van der Waals surface area (Å²) >= 11 is 3.69. The third-order valence-corrected chi connectivity index (χ3v) is 11.3. The van der Waals surface area contributed by atoms with Crippen LogP contribution in [-0.4, -0.2) is 9.97 Å². The van der Waals surface area contributed by atoms with E-state index in [2.05, 4.69) is 83.7 Å². The summed E-state index contributed by atoms with van der Waals surface area (Å²) in [4.78, 5) is 14.0. The fourth-order valence-corrected chi connectivity index (χ4v) is 9.53. The zero-order valence-corrected chi connectivity index (χ0v) is 23.5. The summed E-state index contributed by atoms with van der Waals surface area (Å²) in [5.41, 5.74) is 9.10. The van der Waals surface area contributed by atoms with Crippen LogP contribution < -0.4 is 0 Å². The molecule has 0 N–H and O–H groups in total. The Balaban J connectivity index is 1.33. The highest BCUT2D eigenvalue weighted by Crippen LogP contribution is 2.57. The molecule has 3 aliphatic carbocycles. The lowest BCUT2D eigenvalue weighted by Gasteiger charge is -2.40. The van der Waals surface area contributed by atoms with E-state index in [4.69, 9.17) is 16.5 Å². The molecular formula is C36H16N4S2. The van der Waals surface area contributed by atoms with E-state index in [1.54, 1.807) is 12.1 Å². The van der Waals surface area contributed by atoms with Gasteiger partial charge in [-0.1, -0.05) is 36.4 Å². The summed E-state index contributed by atoms with van der Waals surface area (Å²) in [5.74, 6) is -0.118. The van der Waals surface area contributed by atoms with Gasteiger partial charge in [0.15, 0.2) is 0 Å². The average Bonchev–Trinajstić information content (AvgIpc) is 3.58. The summed E-state index contributed by atoms with van der Waals surface area (Å²) in [6.45, 7) is 7.60. The lowest BCUT2D eigenvalue weighted by molar-refractivity contribution is 0.713. The van der Waals surface area contributed by atoms with Gasteiger partial charge in [0.25, 0.3) is 0 Å². The first-order valence-corrected chi connectivity index (χ1v) is 15.4. The Kier molecular flexibility index (Phi) is 4.17. The molecule has 0 radical (unpaired) electrons. The third-order valence-electron chi connectivity index (χ3n) is 9.03. The van der Waals surface area contributed by atoms with Gasteiger partial charge < -0.3 is 0 Å². The van der Waals surface area contributed by atoms with Crippen LogP contribution in [0.2, 0.25) is 0 Å². The van der Waals surface area contributed by atoms with E-state index in [1.165, 1.54) is 62.6 Å². The average molecular weight is 569 g/mol. The zero-order valence-electron chi connectivity index (χ0n) is 21.8. The van der Waals surface area contributed by atoms with Gasteiger partial charge in [-0.05, 0) is 70.8 Å². The van der Waals surface area contributed by atoms with Crippen LogP contribution in [0.5, 0.6) is 0 Å². The Morgan fingerprint density at radius 1 is 0.619 bits per heavy atom. The molecule has 42 heavy (non-hydrogen) atoms. The number of hydrogen-bond acceptors (Lipinski definition) is 5.